The molecule has 0 amide bonds. The van der Waals surface area contributed by atoms with Crippen LogP contribution in [-0.4, -0.2) is 26.4 Å². The van der Waals surface area contributed by atoms with E-state index in [1.165, 1.54) is 6.92 Å². The van der Waals surface area contributed by atoms with Crippen LogP contribution in [0.4, 0.5) is 5.69 Å². The fourth-order valence-electron chi connectivity index (χ4n) is 1.20. The fourth-order valence-corrected chi connectivity index (χ4v) is 1.64. The third-order valence-electron chi connectivity index (χ3n) is 2.17. The molecule has 92 valence electrons. The maximum atomic E-state index is 10.8. The summed E-state index contributed by atoms with van der Waals surface area (Å²) in [5.74, 6) is 0. The zero-order valence-electron chi connectivity index (χ0n) is 9.54. The first-order valence-corrected chi connectivity index (χ1v) is 6.61. The lowest BCUT2D eigenvalue weighted by Gasteiger charge is -2.22. The monoisotopic (exact) mass is 255 g/mol. The normalized spacial score (nSPS) is 14.9. The van der Waals surface area contributed by atoms with E-state index < -0.39 is 15.7 Å². The Morgan fingerprint density at radius 2 is 1.94 bits per heavy atom. The quantitative estimate of drug-likeness (QED) is 0.652. The van der Waals surface area contributed by atoms with Gasteiger partial charge in [0.15, 0.2) is 5.69 Å². The first kappa shape index (κ1) is 13.6. The number of rotatable bonds is 4. The number of hydrogen-bond donors (Lipinski definition) is 1. The number of aliphatic hydroxyl groups is 1. The molecular formula is C11H13NO4S. The predicted octanol–water partition coefficient (Wildman–Crippen LogP) is 1.42. The summed E-state index contributed by atoms with van der Waals surface area (Å²) >= 11 is 0. The first-order chi connectivity index (χ1) is 7.74. The maximum Gasteiger partial charge on any atom is 0.264 e. The molecule has 0 saturated carbocycles. The van der Waals surface area contributed by atoms with Crippen LogP contribution in [0.25, 0.3) is 4.85 Å². The molecule has 0 spiro atoms. The van der Waals surface area contributed by atoms with Crippen LogP contribution >= 0.6 is 0 Å². The molecule has 0 unspecified atom stereocenters. The number of benzene rings is 1. The Hall–Kier alpha value is -1.42. The van der Waals surface area contributed by atoms with Gasteiger partial charge in [-0.25, -0.2) is 4.85 Å². The summed E-state index contributed by atoms with van der Waals surface area (Å²) in [5, 5.41) is 10.0. The molecule has 1 atom stereocenters. The van der Waals surface area contributed by atoms with Gasteiger partial charge in [0.05, 0.1) is 19.4 Å². The lowest BCUT2D eigenvalue weighted by molar-refractivity contribution is 0.0101. The van der Waals surface area contributed by atoms with E-state index in [0.29, 0.717) is 11.3 Å². The second kappa shape index (κ2) is 4.84. The van der Waals surface area contributed by atoms with Crippen LogP contribution in [0.2, 0.25) is 0 Å². The minimum absolute atomic E-state index is 0.358. The molecule has 0 aliphatic rings. The number of nitrogens with zero attached hydrogens (tertiary/aromatic N) is 1. The van der Waals surface area contributed by atoms with Gasteiger partial charge in [0.25, 0.3) is 10.1 Å². The van der Waals surface area contributed by atoms with Crippen molar-refractivity contribution < 1.29 is 17.7 Å². The molecule has 17 heavy (non-hydrogen) atoms. The van der Waals surface area contributed by atoms with Crippen molar-refractivity contribution in [2.24, 2.45) is 0 Å². The van der Waals surface area contributed by atoms with E-state index in [9.17, 15) is 13.5 Å². The molecule has 0 radical (unpaired) electrons. The largest absolute Gasteiger partial charge is 0.383 e. The molecule has 0 bridgehead atoms. The Morgan fingerprint density at radius 1 is 1.41 bits per heavy atom. The third-order valence-corrected chi connectivity index (χ3v) is 2.72. The smallest absolute Gasteiger partial charge is 0.264 e. The summed E-state index contributed by atoms with van der Waals surface area (Å²) in [6.45, 7) is 7.88. The molecule has 0 saturated heterocycles. The van der Waals surface area contributed by atoms with Crippen molar-refractivity contribution in [3.05, 3.63) is 41.2 Å². The Morgan fingerprint density at radius 3 is 2.35 bits per heavy atom. The highest BCUT2D eigenvalue weighted by molar-refractivity contribution is 7.85. The van der Waals surface area contributed by atoms with Crippen molar-refractivity contribution in [1.82, 2.24) is 0 Å². The van der Waals surface area contributed by atoms with Gasteiger partial charge in [-0.2, -0.15) is 8.42 Å². The van der Waals surface area contributed by atoms with E-state index in [4.69, 9.17) is 6.57 Å². The van der Waals surface area contributed by atoms with E-state index in [0.717, 1.165) is 6.26 Å². The van der Waals surface area contributed by atoms with Gasteiger partial charge in [0, 0.05) is 0 Å². The third kappa shape index (κ3) is 4.15. The maximum absolute atomic E-state index is 10.8. The highest BCUT2D eigenvalue weighted by Gasteiger charge is 2.25. The summed E-state index contributed by atoms with van der Waals surface area (Å²) < 4.78 is 26.2. The zero-order valence-corrected chi connectivity index (χ0v) is 10.4. The van der Waals surface area contributed by atoms with Gasteiger partial charge in [0.1, 0.15) is 5.60 Å². The standard InChI is InChI=1S/C11H13NO4S/c1-11(13,8-16-17(3,14)15)9-4-6-10(12-2)7-5-9/h4-7,13H,8H2,1,3H3/t11-/m1/s1. The van der Waals surface area contributed by atoms with Gasteiger partial charge >= 0.3 is 0 Å². The Kier molecular flexibility index (Phi) is 3.88. The fraction of sp³-hybridized carbons (Fsp3) is 0.364. The van der Waals surface area contributed by atoms with Gasteiger partial charge in [0.2, 0.25) is 0 Å². The second-order valence-electron chi connectivity index (χ2n) is 3.90. The summed E-state index contributed by atoms with van der Waals surface area (Å²) in [6, 6.07) is 6.24. The SMILES string of the molecule is [C-]#[N+]c1ccc([C@](C)(O)COS(C)(=O)=O)cc1. The van der Waals surface area contributed by atoms with E-state index in [2.05, 4.69) is 9.03 Å². The minimum Gasteiger partial charge on any atom is -0.383 e. The van der Waals surface area contributed by atoms with Gasteiger partial charge < -0.3 is 5.11 Å². The van der Waals surface area contributed by atoms with Crippen molar-refractivity contribution in [2.45, 2.75) is 12.5 Å². The van der Waals surface area contributed by atoms with E-state index in [-0.39, 0.29) is 6.61 Å². The van der Waals surface area contributed by atoms with Crippen molar-refractivity contribution in [3.8, 4) is 0 Å². The molecule has 5 nitrogen and oxygen atoms in total. The Bertz CT molecular complexity index is 526. The first-order valence-electron chi connectivity index (χ1n) is 4.79. The topological polar surface area (TPSA) is 68.0 Å². The Balaban J connectivity index is 2.86. The molecule has 1 aromatic carbocycles. The number of hydrogen-bond acceptors (Lipinski definition) is 4. The van der Waals surface area contributed by atoms with E-state index in [1.54, 1.807) is 24.3 Å². The minimum atomic E-state index is -3.59. The molecule has 1 aromatic rings. The molecule has 0 aliphatic heterocycles. The van der Waals surface area contributed by atoms with E-state index >= 15 is 0 Å². The summed E-state index contributed by atoms with van der Waals surface area (Å²) in [5.41, 5.74) is -0.467. The average molecular weight is 255 g/mol. The van der Waals surface area contributed by atoms with Gasteiger partial charge in [-0.05, 0) is 12.5 Å². The molecule has 0 aromatic heterocycles. The Labute approximate surface area is 101 Å². The van der Waals surface area contributed by atoms with E-state index in [1.807, 2.05) is 0 Å². The lowest BCUT2D eigenvalue weighted by atomic mass is 9.97. The van der Waals surface area contributed by atoms with Gasteiger partial charge in [-0.15, -0.1) is 0 Å². The van der Waals surface area contributed by atoms with Crippen LogP contribution in [0.5, 0.6) is 0 Å². The van der Waals surface area contributed by atoms with Crippen molar-refractivity contribution >= 4 is 15.8 Å². The van der Waals surface area contributed by atoms with Crippen LogP contribution in [0, 0.1) is 6.57 Å². The van der Waals surface area contributed by atoms with Crippen LogP contribution < -0.4 is 0 Å². The van der Waals surface area contributed by atoms with Crippen LogP contribution in [-0.2, 0) is 19.9 Å². The molecule has 0 heterocycles. The molecule has 6 heteroatoms. The highest BCUT2D eigenvalue weighted by Crippen LogP contribution is 2.24. The van der Waals surface area contributed by atoms with Gasteiger partial charge in [-0.3, -0.25) is 4.18 Å². The van der Waals surface area contributed by atoms with Crippen LogP contribution in [0.3, 0.4) is 0 Å². The predicted molar refractivity (Wildman–Crippen MR) is 63.1 cm³/mol. The van der Waals surface area contributed by atoms with Gasteiger partial charge in [-0.1, -0.05) is 24.3 Å². The van der Waals surface area contributed by atoms with Crippen molar-refractivity contribution in [2.75, 3.05) is 12.9 Å². The van der Waals surface area contributed by atoms with Crippen molar-refractivity contribution in [3.63, 3.8) is 0 Å². The molecule has 0 fully saturated rings. The molecule has 0 aliphatic carbocycles. The molecule has 1 rings (SSSR count). The zero-order chi connectivity index (χ0) is 13.1. The van der Waals surface area contributed by atoms with Crippen LogP contribution in [0.15, 0.2) is 24.3 Å². The summed E-state index contributed by atoms with van der Waals surface area (Å²) in [4.78, 5) is 3.22. The second-order valence-corrected chi connectivity index (χ2v) is 5.54. The summed E-state index contributed by atoms with van der Waals surface area (Å²) in [6.07, 6.45) is 0.922. The van der Waals surface area contributed by atoms with Crippen molar-refractivity contribution in [1.29, 1.82) is 0 Å². The highest BCUT2D eigenvalue weighted by atomic mass is 32.2. The lowest BCUT2D eigenvalue weighted by Crippen LogP contribution is -2.29. The molecule has 1 N–H and O–H groups in total. The van der Waals surface area contributed by atoms with Crippen LogP contribution in [0.1, 0.15) is 12.5 Å². The average Bonchev–Trinajstić information content (AvgIpc) is 2.26. The molecular weight excluding hydrogens is 242 g/mol. The summed E-state index contributed by atoms with van der Waals surface area (Å²) in [7, 11) is -3.59.